The summed E-state index contributed by atoms with van der Waals surface area (Å²) in [6.45, 7) is -0.440. The summed E-state index contributed by atoms with van der Waals surface area (Å²) in [4.78, 5) is 24.6. The van der Waals surface area contributed by atoms with Gasteiger partial charge in [0.1, 0.15) is 0 Å². The molecule has 0 heterocycles. The van der Waals surface area contributed by atoms with Crippen molar-refractivity contribution in [2.24, 2.45) is 0 Å². The third kappa shape index (κ3) is 5.10. The third-order valence-corrected chi connectivity index (χ3v) is 5.07. The lowest BCUT2D eigenvalue weighted by atomic mass is 9.88. The van der Waals surface area contributed by atoms with E-state index in [1.807, 2.05) is 18.2 Å². The second-order valence-corrected chi connectivity index (χ2v) is 8.46. The Bertz CT molecular complexity index is 988. The number of ether oxygens (including phenoxy) is 1. The number of esters is 1. The molecular formula is C20H22N2O5S. The molecule has 0 aromatic heterocycles. The van der Waals surface area contributed by atoms with E-state index in [9.17, 15) is 18.0 Å². The Labute approximate surface area is 164 Å². The van der Waals surface area contributed by atoms with Crippen molar-refractivity contribution in [2.75, 3.05) is 17.6 Å². The summed E-state index contributed by atoms with van der Waals surface area (Å²) in [7, 11) is -3.55. The number of amides is 1. The number of fused-ring (bicyclic) bond motifs is 1. The maximum absolute atomic E-state index is 12.3. The van der Waals surface area contributed by atoms with E-state index in [2.05, 4.69) is 16.1 Å². The number of aryl methyl sites for hydroxylation is 1. The minimum Gasteiger partial charge on any atom is -0.452 e. The fourth-order valence-corrected chi connectivity index (χ4v) is 3.88. The van der Waals surface area contributed by atoms with Gasteiger partial charge in [0.25, 0.3) is 5.91 Å². The van der Waals surface area contributed by atoms with Crippen molar-refractivity contribution in [1.82, 2.24) is 5.32 Å². The van der Waals surface area contributed by atoms with Gasteiger partial charge in [0.2, 0.25) is 10.0 Å². The molecule has 8 heteroatoms. The molecule has 1 amide bonds. The van der Waals surface area contributed by atoms with Gasteiger partial charge in [-0.05, 0) is 42.5 Å². The van der Waals surface area contributed by atoms with Gasteiger partial charge in [0.05, 0.1) is 23.5 Å². The highest BCUT2D eigenvalue weighted by atomic mass is 32.2. The molecule has 28 heavy (non-hydrogen) atoms. The molecule has 2 aromatic carbocycles. The van der Waals surface area contributed by atoms with Crippen LogP contribution in [0.4, 0.5) is 5.69 Å². The summed E-state index contributed by atoms with van der Waals surface area (Å²) in [6, 6.07) is 13.9. The summed E-state index contributed by atoms with van der Waals surface area (Å²) in [6.07, 6.45) is 3.79. The van der Waals surface area contributed by atoms with Crippen LogP contribution in [0.15, 0.2) is 48.5 Å². The van der Waals surface area contributed by atoms with Crippen LogP contribution in [-0.2, 0) is 26.0 Å². The topological polar surface area (TPSA) is 102 Å². The number of sulfonamides is 1. The van der Waals surface area contributed by atoms with Crippen molar-refractivity contribution >= 4 is 27.6 Å². The van der Waals surface area contributed by atoms with Crippen LogP contribution in [0, 0.1) is 0 Å². The number of rotatable bonds is 6. The Morgan fingerprint density at radius 3 is 2.61 bits per heavy atom. The summed E-state index contributed by atoms with van der Waals surface area (Å²) >= 11 is 0. The molecule has 1 aliphatic carbocycles. The number of benzene rings is 2. The van der Waals surface area contributed by atoms with Gasteiger partial charge in [-0.25, -0.2) is 13.2 Å². The number of carbonyl (C=O) groups excluding carboxylic acids is 2. The molecule has 0 unspecified atom stereocenters. The van der Waals surface area contributed by atoms with Crippen LogP contribution in [-0.4, -0.2) is 33.2 Å². The van der Waals surface area contributed by atoms with Crippen molar-refractivity contribution in [3.8, 4) is 0 Å². The molecule has 0 saturated carbocycles. The van der Waals surface area contributed by atoms with Gasteiger partial charge in [0.15, 0.2) is 6.61 Å². The van der Waals surface area contributed by atoms with Crippen molar-refractivity contribution < 1.29 is 22.7 Å². The summed E-state index contributed by atoms with van der Waals surface area (Å²) in [5, 5.41) is 2.91. The standard InChI is InChI=1S/C20H22N2O5S/c1-28(25,26)22-18-11-5-4-10-16(18)20(24)27-13-19(23)21-17-12-6-8-14-7-2-3-9-15(14)17/h2-5,7,9-11,17,22H,6,8,12-13H2,1H3,(H,21,23)/t17-/m1/s1. The van der Waals surface area contributed by atoms with Gasteiger partial charge in [-0.3, -0.25) is 9.52 Å². The second-order valence-electron chi connectivity index (χ2n) is 6.71. The van der Waals surface area contributed by atoms with Gasteiger partial charge >= 0.3 is 5.97 Å². The van der Waals surface area contributed by atoms with Gasteiger partial charge in [0, 0.05) is 0 Å². The van der Waals surface area contributed by atoms with E-state index in [1.165, 1.54) is 17.7 Å². The highest BCUT2D eigenvalue weighted by molar-refractivity contribution is 7.92. The lowest BCUT2D eigenvalue weighted by molar-refractivity contribution is -0.125. The summed E-state index contributed by atoms with van der Waals surface area (Å²) in [5.74, 6) is -1.17. The van der Waals surface area contributed by atoms with Crippen molar-refractivity contribution in [1.29, 1.82) is 0 Å². The molecule has 0 bridgehead atoms. The van der Waals surface area contributed by atoms with E-state index in [1.54, 1.807) is 12.1 Å². The normalized spacial score (nSPS) is 16.0. The van der Waals surface area contributed by atoms with Gasteiger partial charge in [-0.2, -0.15) is 0 Å². The first-order valence-electron chi connectivity index (χ1n) is 8.94. The highest BCUT2D eigenvalue weighted by Gasteiger charge is 2.22. The molecule has 0 saturated heterocycles. The Balaban J connectivity index is 1.61. The average molecular weight is 402 g/mol. The van der Waals surface area contributed by atoms with Crippen LogP contribution in [0.1, 0.15) is 40.4 Å². The van der Waals surface area contributed by atoms with Gasteiger partial charge < -0.3 is 10.1 Å². The van der Waals surface area contributed by atoms with Gasteiger partial charge in [-0.1, -0.05) is 36.4 Å². The minimum absolute atomic E-state index is 0.0451. The number of carbonyl (C=O) groups is 2. The first-order chi connectivity index (χ1) is 13.3. The molecule has 2 N–H and O–H groups in total. The molecule has 0 fully saturated rings. The third-order valence-electron chi connectivity index (χ3n) is 4.48. The van der Waals surface area contributed by atoms with E-state index in [0.717, 1.165) is 31.1 Å². The first-order valence-corrected chi connectivity index (χ1v) is 10.8. The van der Waals surface area contributed by atoms with Crippen molar-refractivity contribution in [3.63, 3.8) is 0 Å². The SMILES string of the molecule is CS(=O)(=O)Nc1ccccc1C(=O)OCC(=O)N[C@@H]1CCCc2ccccc21. The molecule has 2 aromatic rings. The predicted octanol–water partition coefficient (Wildman–Crippen LogP) is 2.41. The lowest BCUT2D eigenvalue weighted by Gasteiger charge is -2.26. The minimum atomic E-state index is -3.55. The number of hydrogen-bond donors (Lipinski definition) is 2. The number of anilines is 1. The average Bonchev–Trinajstić information content (AvgIpc) is 2.65. The zero-order chi connectivity index (χ0) is 20.1. The Hall–Kier alpha value is -2.87. The second kappa shape index (κ2) is 8.43. The van der Waals surface area contributed by atoms with Gasteiger partial charge in [-0.15, -0.1) is 0 Å². The van der Waals surface area contributed by atoms with E-state index in [-0.39, 0.29) is 17.3 Å². The van der Waals surface area contributed by atoms with Crippen LogP contribution in [0.5, 0.6) is 0 Å². The molecule has 0 spiro atoms. The van der Waals surface area contributed by atoms with Crippen LogP contribution in [0.25, 0.3) is 0 Å². The van der Waals surface area contributed by atoms with Crippen molar-refractivity contribution in [2.45, 2.75) is 25.3 Å². The van der Waals surface area contributed by atoms with Crippen LogP contribution >= 0.6 is 0 Å². The number of hydrogen-bond acceptors (Lipinski definition) is 5. The summed E-state index contributed by atoms with van der Waals surface area (Å²) in [5.41, 5.74) is 2.47. The fraction of sp³-hybridized carbons (Fsp3) is 0.300. The quantitative estimate of drug-likeness (QED) is 0.723. The van der Waals surface area contributed by atoms with Crippen LogP contribution in [0.2, 0.25) is 0 Å². The molecule has 0 aliphatic heterocycles. The molecule has 0 radical (unpaired) electrons. The monoisotopic (exact) mass is 402 g/mol. The molecule has 148 valence electrons. The van der Waals surface area contributed by atoms with E-state index in [4.69, 9.17) is 4.74 Å². The largest absolute Gasteiger partial charge is 0.452 e. The maximum atomic E-state index is 12.3. The molecule has 1 aliphatic rings. The van der Waals surface area contributed by atoms with E-state index < -0.39 is 28.5 Å². The highest BCUT2D eigenvalue weighted by Crippen LogP contribution is 2.29. The van der Waals surface area contributed by atoms with Crippen LogP contribution in [0.3, 0.4) is 0 Å². The Morgan fingerprint density at radius 1 is 1.11 bits per heavy atom. The maximum Gasteiger partial charge on any atom is 0.340 e. The van der Waals surface area contributed by atoms with E-state index >= 15 is 0 Å². The zero-order valence-electron chi connectivity index (χ0n) is 15.5. The van der Waals surface area contributed by atoms with Crippen molar-refractivity contribution in [3.05, 3.63) is 65.2 Å². The Morgan fingerprint density at radius 2 is 1.82 bits per heavy atom. The van der Waals surface area contributed by atoms with E-state index in [0.29, 0.717) is 0 Å². The van der Waals surface area contributed by atoms with Crippen LogP contribution < -0.4 is 10.0 Å². The molecule has 1 atom stereocenters. The zero-order valence-corrected chi connectivity index (χ0v) is 16.3. The predicted molar refractivity (Wildman–Crippen MR) is 105 cm³/mol. The number of nitrogens with one attached hydrogen (secondary N) is 2. The first kappa shape index (κ1) is 19.9. The molecule has 7 nitrogen and oxygen atoms in total. The fourth-order valence-electron chi connectivity index (χ4n) is 3.30. The molecule has 3 rings (SSSR count). The smallest absolute Gasteiger partial charge is 0.340 e. The Kier molecular flexibility index (Phi) is 5.99. The molecular weight excluding hydrogens is 380 g/mol. The lowest BCUT2D eigenvalue weighted by Crippen LogP contribution is -2.34. The summed E-state index contributed by atoms with van der Waals surface area (Å²) < 4.78 is 30.2. The number of para-hydroxylation sites is 1.